The number of cyclic esters (lactones) is 2. The van der Waals surface area contributed by atoms with Crippen LogP contribution in [0.3, 0.4) is 0 Å². The lowest BCUT2D eigenvalue weighted by atomic mass is 9.81. The van der Waals surface area contributed by atoms with Crippen LogP contribution in [0.1, 0.15) is 93.2 Å². The second-order valence-electron chi connectivity index (χ2n) is 10.5. The first-order valence-corrected chi connectivity index (χ1v) is 15.3. The lowest BCUT2D eigenvalue weighted by molar-refractivity contribution is -0.173. The standard InChI is InChI=1S/C19H29F3N2O6.C6H15N.C4H4O3.CH4O/c1-18(13-30-16(28)7-6-15(26)27)8-11-24(12-9-18)14(25)5-3-2-4-10-23-17(29)19(20,21)22;1-4-7(5-2)6-3;5-3-1-2-4(6)7-3;1-2/h2-13H2,1H3,(H,23,29)(H,26,27);4-6H2,1-3H3;1-2H2;2H,1H3/i1D;;;2T. The van der Waals surface area contributed by atoms with Gasteiger partial charge in [-0.15, -0.1) is 0 Å². The predicted molar refractivity (Wildman–Crippen MR) is 161 cm³/mol. The summed E-state index contributed by atoms with van der Waals surface area (Å²) >= 11 is 0. The Bertz CT molecular complexity index is 959. The fourth-order valence-corrected chi connectivity index (χ4v) is 4.03. The molecular formula is C30H52F3N3O10. The molecule has 2 heterocycles. The number of esters is 3. The van der Waals surface area contributed by atoms with Crippen molar-refractivity contribution in [1.82, 2.24) is 15.1 Å². The number of aliphatic hydroxyl groups excluding tert-OH is 1. The molecule has 0 aromatic heterocycles. The van der Waals surface area contributed by atoms with Gasteiger partial charge in [0.1, 0.15) is 0 Å². The highest BCUT2D eigenvalue weighted by Gasteiger charge is 2.38. The van der Waals surface area contributed by atoms with Crippen LogP contribution in [0.5, 0.6) is 0 Å². The summed E-state index contributed by atoms with van der Waals surface area (Å²) in [6, 6.07) is 0. The molecule has 0 aromatic carbocycles. The Hall–Kier alpha value is -3.27. The minimum atomic E-state index is -4.89. The molecule has 16 heteroatoms. The topological polar surface area (TPSA) is 180 Å². The number of amides is 2. The Kier molecular flexibility index (Phi) is 22.1. The molecule has 0 bridgehead atoms. The summed E-state index contributed by atoms with van der Waals surface area (Å²) in [5, 5.41) is 13.9. The number of likely N-dealkylation sites (tertiary alicyclic amines) is 1. The number of nitrogens with one attached hydrogen (secondary N) is 1. The van der Waals surface area contributed by atoms with E-state index in [9.17, 15) is 41.9 Å². The van der Waals surface area contributed by atoms with Gasteiger partial charge in [0, 0.05) is 40.0 Å². The van der Waals surface area contributed by atoms with Crippen LogP contribution >= 0.6 is 0 Å². The van der Waals surface area contributed by atoms with Crippen LogP contribution < -0.4 is 5.32 Å². The van der Waals surface area contributed by atoms with Crippen LogP contribution in [0, 0.1) is 5.41 Å². The third-order valence-corrected chi connectivity index (χ3v) is 6.97. The first-order chi connectivity index (χ1) is 22.5. The quantitative estimate of drug-likeness (QED) is 0.140. The summed E-state index contributed by atoms with van der Waals surface area (Å²) in [6.45, 7) is 10.9. The maximum absolute atomic E-state index is 12.3. The number of carboxylic acid groups (broad SMARTS) is 1. The van der Waals surface area contributed by atoms with E-state index in [-0.39, 0.29) is 58.1 Å². The summed E-state index contributed by atoms with van der Waals surface area (Å²) in [6.07, 6.45) is -2.38. The maximum Gasteiger partial charge on any atom is 0.471 e. The Labute approximate surface area is 272 Å². The average molecular weight is 675 g/mol. The van der Waals surface area contributed by atoms with Crippen molar-refractivity contribution in [3.63, 3.8) is 0 Å². The van der Waals surface area contributed by atoms with Crippen molar-refractivity contribution in [2.75, 3.05) is 53.0 Å². The third kappa shape index (κ3) is 22.3. The van der Waals surface area contributed by atoms with Crippen molar-refractivity contribution in [1.29, 1.82) is 1.43 Å². The van der Waals surface area contributed by atoms with Crippen LogP contribution in [0.25, 0.3) is 0 Å². The van der Waals surface area contributed by atoms with Crippen molar-refractivity contribution < 1.29 is 63.0 Å². The van der Waals surface area contributed by atoms with Crippen molar-refractivity contribution in [3.8, 4) is 0 Å². The van der Waals surface area contributed by atoms with Crippen molar-refractivity contribution >= 4 is 35.7 Å². The molecule has 2 amide bonds. The fraction of sp³-hybridized carbons (Fsp3) is 0.800. The second-order valence-corrected chi connectivity index (χ2v) is 10.5. The Morgan fingerprint density at radius 3 is 1.96 bits per heavy atom. The molecule has 0 radical (unpaired) electrons. The lowest BCUT2D eigenvalue weighted by Gasteiger charge is -2.39. The number of rotatable bonds is 14. The van der Waals surface area contributed by atoms with Gasteiger partial charge in [-0.2, -0.15) is 13.2 Å². The number of alkyl halides is 3. The van der Waals surface area contributed by atoms with E-state index in [1.165, 1.54) is 26.7 Å². The van der Waals surface area contributed by atoms with Gasteiger partial charge in [0.05, 0.1) is 32.3 Å². The zero-order valence-corrected chi connectivity index (χ0v) is 27.4. The zero-order chi connectivity index (χ0) is 37.2. The van der Waals surface area contributed by atoms with E-state index >= 15 is 0 Å². The molecule has 0 aliphatic carbocycles. The average Bonchev–Trinajstić information content (AvgIpc) is 3.43. The van der Waals surface area contributed by atoms with E-state index in [0.717, 1.165) is 0 Å². The van der Waals surface area contributed by atoms with Gasteiger partial charge in [-0.05, 0) is 45.3 Å². The molecule has 0 unspecified atom stereocenters. The van der Waals surface area contributed by atoms with Gasteiger partial charge in [-0.1, -0.05) is 34.1 Å². The molecule has 46 heavy (non-hydrogen) atoms. The monoisotopic (exact) mass is 674 g/mol. The maximum atomic E-state index is 12.3. The van der Waals surface area contributed by atoms with E-state index in [1.807, 2.05) is 0 Å². The summed E-state index contributed by atoms with van der Waals surface area (Å²) in [5.74, 6) is -4.57. The number of piperidine rings is 1. The number of aliphatic carboxylic acids is 1. The van der Waals surface area contributed by atoms with Gasteiger partial charge >= 0.3 is 36.0 Å². The highest BCUT2D eigenvalue weighted by atomic mass is 19.4. The Balaban J connectivity index is 0. The number of nitrogens with zero attached hydrogens (tertiary/aromatic N) is 2. The number of hydrogen-bond donors (Lipinski definition) is 3. The third-order valence-electron chi connectivity index (χ3n) is 6.97. The van der Waals surface area contributed by atoms with Gasteiger partial charge < -0.3 is 34.8 Å². The zero-order valence-electron chi connectivity index (χ0n) is 29.4. The summed E-state index contributed by atoms with van der Waals surface area (Å²) in [5.41, 5.74) is -0.563. The van der Waals surface area contributed by atoms with Gasteiger partial charge in [0.2, 0.25) is 7.34 Å². The van der Waals surface area contributed by atoms with Crippen LogP contribution in [-0.2, 0) is 38.2 Å². The number of hydrogen-bond acceptors (Lipinski definition) is 10. The molecule has 2 aliphatic rings. The molecule has 0 aromatic rings. The predicted octanol–water partition coefficient (Wildman–Crippen LogP) is 3.07. The van der Waals surface area contributed by atoms with E-state index in [4.69, 9.17) is 12.6 Å². The van der Waals surface area contributed by atoms with Gasteiger partial charge in [-0.25, -0.2) is 0 Å². The van der Waals surface area contributed by atoms with Crippen LogP contribution in [0.15, 0.2) is 0 Å². The van der Waals surface area contributed by atoms with Gasteiger partial charge in [-0.3, -0.25) is 28.8 Å². The summed E-state index contributed by atoms with van der Waals surface area (Å²) in [4.78, 5) is 69.1. The molecule has 0 spiro atoms. The van der Waals surface area contributed by atoms with Crippen LogP contribution in [0.4, 0.5) is 13.2 Å². The SMILES string of the molecule is CCN(CC)CC.O=C1CCC(=O)O1.[2H]CC1(COC(=O)CCC(=O)O)CCN(C(=O)CCCCCNC(=O)C(F)(F)F)CC1.[3H]OC. The van der Waals surface area contributed by atoms with E-state index < -0.39 is 41.4 Å². The normalized spacial score (nSPS) is 15.8. The molecule has 13 nitrogen and oxygen atoms in total. The number of carbonyl (C=O) groups is 6. The molecule has 2 fully saturated rings. The lowest BCUT2D eigenvalue weighted by Crippen LogP contribution is -2.44. The highest BCUT2D eigenvalue weighted by molar-refractivity contribution is 5.92. The van der Waals surface area contributed by atoms with Crippen molar-refractivity contribution in [2.45, 2.75) is 98.1 Å². The number of unbranched alkanes of at least 4 members (excludes halogenated alkanes) is 2. The molecule has 2 rings (SSSR count). The minimum Gasteiger partial charge on any atom is -0.481 e. The van der Waals surface area contributed by atoms with E-state index in [0.29, 0.717) is 45.2 Å². The molecule has 2 saturated heterocycles. The second kappa shape index (κ2) is 24.9. The van der Waals surface area contributed by atoms with Crippen molar-refractivity contribution in [3.05, 3.63) is 0 Å². The molecular weight excluding hydrogens is 619 g/mol. The first-order valence-electron chi connectivity index (χ1n) is 16.4. The first kappa shape index (κ1) is 40.8. The number of ether oxygens (including phenoxy) is 2. The smallest absolute Gasteiger partial charge is 0.471 e. The number of aliphatic hydroxyl groups is 1. The Morgan fingerprint density at radius 2 is 1.57 bits per heavy atom. The molecule has 268 valence electrons. The van der Waals surface area contributed by atoms with Gasteiger partial charge in [0.15, 0.2) is 0 Å². The highest BCUT2D eigenvalue weighted by Crippen LogP contribution is 2.31. The number of carbonyl (C=O) groups excluding carboxylic acids is 5. The summed E-state index contributed by atoms with van der Waals surface area (Å²) in [7, 11) is 1.29. The number of carboxylic acids is 1. The summed E-state index contributed by atoms with van der Waals surface area (Å²) < 4.78 is 58.9. The molecule has 0 saturated carbocycles. The largest absolute Gasteiger partial charge is 0.481 e. The fourth-order valence-electron chi connectivity index (χ4n) is 4.03. The molecule has 3 N–H and O–H groups in total. The Morgan fingerprint density at radius 1 is 1.02 bits per heavy atom. The van der Waals surface area contributed by atoms with Crippen molar-refractivity contribution in [2.24, 2.45) is 5.41 Å². The van der Waals surface area contributed by atoms with E-state index in [1.54, 1.807) is 10.2 Å². The molecule has 2 aliphatic heterocycles. The van der Waals surface area contributed by atoms with E-state index in [2.05, 4.69) is 35.5 Å². The molecule has 0 atom stereocenters. The number of halogens is 3. The minimum absolute atomic E-state index is 0.0145. The van der Waals surface area contributed by atoms with Crippen LogP contribution in [0.2, 0.25) is 0 Å². The van der Waals surface area contributed by atoms with Gasteiger partial charge in [0.25, 0.3) is 0 Å². The van der Waals surface area contributed by atoms with Crippen LogP contribution in [-0.4, -0.2) is 116 Å².